The van der Waals surface area contributed by atoms with Crippen LogP contribution in [0.25, 0.3) is 5.57 Å². The van der Waals surface area contributed by atoms with E-state index in [1.165, 1.54) is 19.2 Å². The molecule has 0 radical (unpaired) electrons. The third-order valence-corrected chi connectivity index (χ3v) is 2.51. The third-order valence-electron chi connectivity index (χ3n) is 2.51. The molecular weight excluding hydrogens is 221 g/mol. The number of methoxy groups -OCH3 is 1. The van der Waals surface area contributed by atoms with Gasteiger partial charge in [-0.1, -0.05) is 12.1 Å². The van der Waals surface area contributed by atoms with Crippen molar-refractivity contribution in [2.75, 3.05) is 7.11 Å². The van der Waals surface area contributed by atoms with Crippen molar-refractivity contribution in [2.24, 2.45) is 0 Å². The minimum absolute atomic E-state index is 0.109. The molecule has 1 aliphatic carbocycles. The van der Waals surface area contributed by atoms with Crippen molar-refractivity contribution in [3.63, 3.8) is 0 Å². The lowest BCUT2D eigenvalue weighted by Gasteiger charge is -2.15. The molecule has 1 aromatic rings. The monoisotopic (exact) mass is 230 g/mol. The standard InChI is InChI=1S/C11H9F3O2/c1-16-8-4-2-7(3-5-8)9-6-10(9,15)11(12,13)14/h2-6,15H,1H3. The average Bonchev–Trinajstić information content (AvgIpc) is 2.92. The number of alkyl halides is 3. The number of ether oxygens (including phenoxy) is 1. The fraction of sp³-hybridized carbons (Fsp3) is 0.273. The van der Waals surface area contributed by atoms with Gasteiger partial charge in [-0.15, -0.1) is 0 Å². The van der Waals surface area contributed by atoms with Crippen LogP contribution in [0.5, 0.6) is 5.75 Å². The Morgan fingerprint density at radius 1 is 1.19 bits per heavy atom. The van der Waals surface area contributed by atoms with Crippen LogP contribution in [0, 0.1) is 0 Å². The van der Waals surface area contributed by atoms with E-state index in [-0.39, 0.29) is 5.57 Å². The summed E-state index contributed by atoms with van der Waals surface area (Å²) in [5.41, 5.74) is -2.51. The summed E-state index contributed by atoms with van der Waals surface area (Å²) >= 11 is 0. The Morgan fingerprint density at radius 3 is 2.12 bits per heavy atom. The van der Waals surface area contributed by atoms with Crippen LogP contribution in [-0.4, -0.2) is 24.0 Å². The van der Waals surface area contributed by atoms with E-state index in [0.29, 0.717) is 11.3 Å². The molecule has 1 unspecified atom stereocenters. The molecule has 0 bridgehead atoms. The van der Waals surface area contributed by atoms with E-state index >= 15 is 0 Å². The van der Waals surface area contributed by atoms with E-state index < -0.39 is 11.8 Å². The first-order valence-electron chi connectivity index (χ1n) is 4.55. The summed E-state index contributed by atoms with van der Waals surface area (Å²) in [6.07, 6.45) is -3.85. The van der Waals surface area contributed by atoms with E-state index in [1.54, 1.807) is 12.1 Å². The molecule has 0 amide bonds. The van der Waals surface area contributed by atoms with Crippen LogP contribution < -0.4 is 4.74 Å². The Hall–Kier alpha value is -1.49. The summed E-state index contributed by atoms with van der Waals surface area (Å²) in [6.45, 7) is 0. The molecule has 1 aliphatic rings. The SMILES string of the molecule is COc1ccc(C2=CC2(O)C(F)(F)F)cc1. The van der Waals surface area contributed by atoms with Gasteiger partial charge in [-0.2, -0.15) is 13.2 Å². The van der Waals surface area contributed by atoms with Crippen molar-refractivity contribution >= 4 is 5.57 Å². The highest BCUT2D eigenvalue weighted by molar-refractivity contribution is 5.88. The number of benzene rings is 1. The van der Waals surface area contributed by atoms with Gasteiger partial charge in [0.25, 0.3) is 0 Å². The van der Waals surface area contributed by atoms with Crippen molar-refractivity contribution in [1.29, 1.82) is 0 Å². The van der Waals surface area contributed by atoms with Crippen molar-refractivity contribution in [2.45, 2.75) is 11.8 Å². The van der Waals surface area contributed by atoms with Gasteiger partial charge < -0.3 is 9.84 Å². The molecule has 0 heterocycles. The molecule has 1 atom stereocenters. The minimum Gasteiger partial charge on any atom is -0.497 e. The fourth-order valence-electron chi connectivity index (χ4n) is 1.48. The highest BCUT2D eigenvalue weighted by Gasteiger charge is 2.63. The fourth-order valence-corrected chi connectivity index (χ4v) is 1.48. The van der Waals surface area contributed by atoms with Crippen LogP contribution in [0.4, 0.5) is 13.2 Å². The minimum atomic E-state index is -4.65. The van der Waals surface area contributed by atoms with Gasteiger partial charge in [-0.25, -0.2) is 0 Å². The molecule has 0 fully saturated rings. The molecular formula is C11H9F3O2. The zero-order chi connectivity index (χ0) is 12.0. The van der Waals surface area contributed by atoms with Crippen LogP contribution in [-0.2, 0) is 0 Å². The molecule has 86 valence electrons. The van der Waals surface area contributed by atoms with E-state index in [2.05, 4.69) is 0 Å². The summed E-state index contributed by atoms with van der Waals surface area (Å²) in [5, 5.41) is 9.26. The summed E-state index contributed by atoms with van der Waals surface area (Å²) < 4.78 is 42.0. The van der Waals surface area contributed by atoms with Gasteiger partial charge in [-0.3, -0.25) is 0 Å². The predicted molar refractivity (Wildman–Crippen MR) is 52.0 cm³/mol. The van der Waals surface area contributed by atoms with Gasteiger partial charge in [0.2, 0.25) is 5.60 Å². The smallest absolute Gasteiger partial charge is 0.425 e. The van der Waals surface area contributed by atoms with E-state index in [0.717, 1.165) is 6.08 Å². The zero-order valence-corrected chi connectivity index (χ0v) is 8.38. The molecule has 16 heavy (non-hydrogen) atoms. The van der Waals surface area contributed by atoms with Crippen LogP contribution in [0.3, 0.4) is 0 Å². The van der Waals surface area contributed by atoms with E-state index in [1.807, 2.05) is 0 Å². The van der Waals surface area contributed by atoms with Crippen LogP contribution in [0.2, 0.25) is 0 Å². The van der Waals surface area contributed by atoms with Gasteiger partial charge in [0, 0.05) is 5.57 Å². The Labute approximate surface area is 90.0 Å². The van der Waals surface area contributed by atoms with Gasteiger partial charge in [0.15, 0.2) is 0 Å². The topological polar surface area (TPSA) is 29.5 Å². The van der Waals surface area contributed by atoms with Gasteiger partial charge in [0.1, 0.15) is 5.75 Å². The second-order valence-corrected chi connectivity index (χ2v) is 3.55. The van der Waals surface area contributed by atoms with Gasteiger partial charge in [0.05, 0.1) is 7.11 Å². The molecule has 0 saturated heterocycles. The first-order chi connectivity index (χ1) is 7.38. The molecule has 1 N–H and O–H groups in total. The van der Waals surface area contributed by atoms with E-state index in [4.69, 9.17) is 4.74 Å². The van der Waals surface area contributed by atoms with Crippen LogP contribution in [0.15, 0.2) is 30.3 Å². The zero-order valence-electron chi connectivity index (χ0n) is 8.38. The maximum atomic E-state index is 12.4. The highest BCUT2D eigenvalue weighted by atomic mass is 19.4. The molecule has 0 aliphatic heterocycles. The number of hydrogen-bond donors (Lipinski definition) is 1. The summed E-state index contributed by atoms with van der Waals surface area (Å²) in [4.78, 5) is 0. The quantitative estimate of drug-likeness (QED) is 0.845. The van der Waals surface area contributed by atoms with Crippen molar-refractivity contribution in [3.8, 4) is 5.75 Å². The van der Waals surface area contributed by atoms with Crippen molar-refractivity contribution < 1.29 is 23.0 Å². The summed E-state index contributed by atoms with van der Waals surface area (Å²) in [5.74, 6) is 0.556. The number of rotatable bonds is 2. The molecule has 2 nitrogen and oxygen atoms in total. The highest BCUT2D eigenvalue weighted by Crippen LogP contribution is 2.52. The Morgan fingerprint density at radius 2 is 1.75 bits per heavy atom. The Kier molecular flexibility index (Phi) is 2.24. The Balaban J connectivity index is 2.20. The summed E-state index contributed by atoms with van der Waals surface area (Å²) in [7, 11) is 1.47. The number of hydrogen-bond acceptors (Lipinski definition) is 2. The first-order valence-corrected chi connectivity index (χ1v) is 4.55. The molecule has 1 aromatic carbocycles. The average molecular weight is 230 g/mol. The normalized spacial score (nSPS) is 23.9. The largest absolute Gasteiger partial charge is 0.497 e. The first kappa shape index (κ1) is 11.0. The Bertz CT molecular complexity index is 434. The number of aliphatic hydroxyl groups is 1. The maximum Gasteiger partial charge on any atom is 0.425 e. The molecule has 5 heteroatoms. The van der Waals surface area contributed by atoms with Gasteiger partial charge in [-0.05, 0) is 23.8 Å². The molecule has 2 rings (SSSR count). The van der Waals surface area contributed by atoms with Crippen LogP contribution in [0.1, 0.15) is 5.56 Å². The third kappa shape index (κ3) is 1.57. The predicted octanol–water partition coefficient (Wildman–Crippen LogP) is 2.39. The molecule has 0 spiro atoms. The second kappa shape index (κ2) is 3.25. The van der Waals surface area contributed by atoms with E-state index in [9.17, 15) is 18.3 Å². The molecule has 0 saturated carbocycles. The van der Waals surface area contributed by atoms with Gasteiger partial charge >= 0.3 is 6.18 Å². The van der Waals surface area contributed by atoms with Crippen molar-refractivity contribution in [1.82, 2.24) is 0 Å². The van der Waals surface area contributed by atoms with Crippen molar-refractivity contribution in [3.05, 3.63) is 35.9 Å². The maximum absolute atomic E-state index is 12.4. The lowest BCUT2D eigenvalue weighted by molar-refractivity contribution is -0.204. The number of halogens is 3. The lowest BCUT2D eigenvalue weighted by Crippen LogP contribution is -2.33. The van der Waals surface area contributed by atoms with Crippen LogP contribution >= 0.6 is 0 Å². The second-order valence-electron chi connectivity index (χ2n) is 3.55. The molecule has 0 aromatic heterocycles. The lowest BCUT2D eigenvalue weighted by atomic mass is 10.1. The summed E-state index contributed by atoms with van der Waals surface area (Å²) in [6, 6.07) is 6.05.